The number of rotatable bonds is 3. The van der Waals surface area contributed by atoms with Crippen LogP contribution < -0.4 is 10.5 Å². The number of nitrogens with two attached hydrogens (primary N) is 1. The molecule has 0 fully saturated rings. The molecule has 5 nitrogen and oxygen atoms in total. The molecule has 0 radical (unpaired) electrons. The lowest BCUT2D eigenvalue weighted by Crippen LogP contribution is -2.14. The Bertz CT molecular complexity index is 498. The van der Waals surface area contributed by atoms with Gasteiger partial charge in [0, 0.05) is 18.0 Å². The molecule has 1 atom stereocenters. The fraction of sp³-hybridized carbons (Fsp3) is 0.250. The smallest absolute Gasteiger partial charge is 0.216 e. The number of hydrogen-bond donors (Lipinski definition) is 1. The maximum Gasteiger partial charge on any atom is 0.216 e. The second kappa shape index (κ2) is 4.88. The number of nitrogens with zero attached hydrogens (tertiary/aromatic N) is 3. The van der Waals surface area contributed by atoms with Crippen LogP contribution in [-0.2, 0) is 0 Å². The number of ether oxygens (including phenoxy) is 1. The van der Waals surface area contributed by atoms with Gasteiger partial charge in [-0.15, -0.1) is 0 Å². The summed E-state index contributed by atoms with van der Waals surface area (Å²) < 4.78 is 5.04. The molecule has 0 bridgehead atoms. The first kappa shape index (κ1) is 11.5. The third-order valence-corrected chi connectivity index (χ3v) is 2.48. The Morgan fingerprint density at radius 3 is 2.71 bits per heavy atom. The van der Waals surface area contributed by atoms with Gasteiger partial charge in [-0.1, -0.05) is 6.07 Å². The summed E-state index contributed by atoms with van der Waals surface area (Å²) in [6.07, 6.45) is 3.20. The van der Waals surface area contributed by atoms with Crippen molar-refractivity contribution < 1.29 is 4.74 Å². The van der Waals surface area contributed by atoms with Gasteiger partial charge in [0.15, 0.2) is 0 Å². The number of aromatic nitrogens is 3. The SMILES string of the molecule is COc1cc(C(N)c2ccc(C)nc2)ncn1. The zero-order valence-electron chi connectivity index (χ0n) is 9.79. The van der Waals surface area contributed by atoms with E-state index in [0.29, 0.717) is 11.6 Å². The summed E-state index contributed by atoms with van der Waals surface area (Å²) in [6.45, 7) is 1.93. The van der Waals surface area contributed by atoms with Gasteiger partial charge in [-0.3, -0.25) is 4.98 Å². The quantitative estimate of drug-likeness (QED) is 0.858. The van der Waals surface area contributed by atoms with Gasteiger partial charge in [-0.2, -0.15) is 0 Å². The Morgan fingerprint density at radius 1 is 1.24 bits per heavy atom. The van der Waals surface area contributed by atoms with Crippen molar-refractivity contribution in [3.05, 3.63) is 47.7 Å². The van der Waals surface area contributed by atoms with Gasteiger partial charge in [-0.25, -0.2) is 9.97 Å². The highest BCUT2D eigenvalue weighted by Gasteiger charge is 2.11. The number of pyridine rings is 1. The highest BCUT2D eigenvalue weighted by atomic mass is 16.5. The Morgan fingerprint density at radius 2 is 2.06 bits per heavy atom. The second-order valence-corrected chi connectivity index (χ2v) is 3.70. The molecule has 2 aromatic rings. The topological polar surface area (TPSA) is 73.9 Å². The first-order valence-electron chi connectivity index (χ1n) is 5.25. The van der Waals surface area contributed by atoms with Crippen molar-refractivity contribution in [2.24, 2.45) is 5.73 Å². The summed E-state index contributed by atoms with van der Waals surface area (Å²) >= 11 is 0. The maximum absolute atomic E-state index is 6.10. The predicted octanol–water partition coefficient (Wildman–Crippen LogP) is 1.24. The Kier molecular flexibility index (Phi) is 3.30. The van der Waals surface area contributed by atoms with Gasteiger partial charge in [0.05, 0.1) is 18.8 Å². The van der Waals surface area contributed by atoms with E-state index in [1.165, 1.54) is 6.33 Å². The van der Waals surface area contributed by atoms with Crippen molar-refractivity contribution in [1.29, 1.82) is 0 Å². The van der Waals surface area contributed by atoms with E-state index < -0.39 is 0 Å². The Labute approximate surface area is 99.7 Å². The minimum absolute atomic E-state index is 0.319. The zero-order chi connectivity index (χ0) is 12.3. The molecule has 5 heteroatoms. The van der Waals surface area contributed by atoms with Crippen LogP contribution in [0.25, 0.3) is 0 Å². The Hall–Kier alpha value is -2.01. The Balaban J connectivity index is 2.29. The summed E-state index contributed by atoms with van der Waals surface area (Å²) in [5.74, 6) is 0.505. The molecular weight excluding hydrogens is 216 g/mol. The predicted molar refractivity (Wildman–Crippen MR) is 63.6 cm³/mol. The lowest BCUT2D eigenvalue weighted by molar-refractivity contribution is 0.395. The summed E-state index contributed by atoms with van der Waals surface area (Å²) in [5, 5.41) is 0. The molecule has 1 unspecified atom stereocenters. The van der Waals surface area contributed by atoms with Crippen molar-refractivity contribution in [3.8, 4) is 5.88 Å². The molecule has 0 aliphatic carbocycles. The lowest BCUT2D eigenvalue weighted by Gasteiger charge is -2.11. The number of aryl methyl sites for hydroxylation is 1. The van der Waals surface area contributed by atoms with Crippen LogP contribution in [0.3, 0.4) is 0 Å². The van der Waals surface area contributed by atoms with Gasteiger partial charge < -0.3 is 10.5 Å². The summed E-state index contributed by atoms with van der Waals surface area (Å²) in [5.41, 5.74) is 8.69. The van der Waals surface area contributed by atoms with E-state index >= 15 is 0 Å². The monoisotopic (exact) mass is 230 g/mol. The lowest BCUT2D eigenvalue weighted by atomic mass is 10.1. The number of hydrogen-bond acceptors (Lipinski definition) is 5. The molecule has 17 heavy (non-hydrogen) atoms. The van der Waals surface area contributed by atoms with Crippen LogP contribution in [0, 0.1) is 6.92 Å². The second-order valence-electron chi connectivity index (χ2n) is 3.70. The van der Waals surface area contributed by atoms with Crippen molar-refractivity contribution in [3.63, 3.8) is 0 Å². The molecule has 2 rings (SSSR count). The summed E-state index contributed by atoms with van der Waals surface area (Å²) in [6, 6.07) is 5.28. The normalized spacial score (nSPS) is 12.2. The molecule has 88 valence electrons. The molecule has 0 aromatic carbocycles. The van der Waals surface area contributed by atoms with Gasteiger partial charge in [-0.05, 0) is 18.6 Å². The molecular formula is C12H14N4O. The third kappa shape index (κ3) is 2.57. The standard InChI is InChI=1S/C12H14N4O/c1-8-3-4-9(6-14-8)12(13)10-5-11(17-2)16-7-15-10/h3-7,12H,13H2,1-2H3. The molecule has 0 spiro atoms. The summed E-state index contributed by atoms with van der Waals surface area (Å²) in [4.78, 5) is 12.3. The van der Waals surface area contributed by atoms with Crippen LogP contribution in [-0.4, -0.2) is 22.1 Å². The van der Waals surface area contributed by atoms with Crippen molar-refractivity contribution in [1.82, 2.24) is 15.0 Å². The van der Waals surface area contributed by atoms with Gasteiger partial charge in [0.25, 0.3) is 0 Å². The van der Waals surface area contributed by atoms with E-state index in [1.807, 2.05) is 19.1 Å². The van der Waals surface area contributed by atoms with E-state index in [-0.39, 0.29) is 6.04 Å². The average Bonchev–Trinajstić information content (AvgIpc) is 2.39. The molecule has 0 amide bonds. The fourth-order valence-electron chi connectivity index (χ4n) is 1.47. The van der Waals surface area contributed by atoms with E-state index in [9.17, 15) is 0 Å². The van der Waals surface area contributed by atoms with Gasteiger partial charge in [0.1, 0.15) is 6.33 Å². The van der Waals surface area contributed by atoms with E-state index in [0.717, 1.165) is 11.3 Å². The first-order valence-corrected chi connectivity index (χ1v) is 5.25. The molecule has 0 saturated carbocycles. The van der Waals surface area contributed by atoms with Crippen molar-refractivity contribution >= 4 is 0 Å². The van der Waals surface area contributed by atoms with E-state index in [1.54, 1.807) is 19.4 Å². The highest BCUT2D eigenvalue weighted by molar-refractivity contribution is 5.27. The molecule has 0 saturated heterocycles. The molecule has 2 N–H and O–H groups in total. The van der Waals surface area contributed by atoms with Crippen LogP contribution in [0.1, 0.15) is 23.0 Å². The third-order valence-electron chi connectivity index (χ3n) is 2.48. The van der Waals surface area contributed by atoms with Crippen LogP contribution in [0.2, 0.25) is 0 Å². The van der Waals surface area contributed by atoms with Crippen molar-refractivity contribution in [2.45, 2.75) is 13.0 Å². The molecule has 2 aromatic heterocycles. The molecule has 2 heterocycles. The van der Waals surface area contributed by atoms with Gasteiger partial charge in [0.2, 0.25) is 5.88 Å². The van der Waals surface area contributed by atoms with Crippen molar-refractivity contribution in [2.75, 3.05) is 7.11 Å². The van der Waals surface area contributed by atoms with Crippen LogP contribution in [0.4, 0.5) is 0 Å². The van der Waals surface area contributed by atoms with Crippen LogP contribution >= 0.6 is 0 Å². The van der Waals surface area contributed by atoms with E-state index in [2.05, 4.69) is 15.0 Å². The molecule has 0 aliphatic rings. The minimum Gasteiger partial charge on any atom is -0.481 e. The minimum atomic E-state index is -0.319. The largest absolute Gasteiger partial charge is 0.481 e. The average molecular weight is 230 g/mol. The molecule has 0 aliphatic heterocycles. The fourth-order valence-corrected chi connectivity index (χ4v) is 1.47. The zero-order valence-corrected chi connectivity index (χ0v) is 9.79. The van der Waals surface area contributed by atoms with Gasteiger partial charge >= 0.3 is 0 Å². The van der Waals surface area contributed by atoms with Crippen LogP contribution in [0.15, 0.2) is 30.7 Å². The summed E-state index contributed by atoms with van der Waals surface area (Å²) in [7, 11) is 1.56. The first-order chi connectivity index (χ1) is 8.20. The number of methoxy groups -OCH3 is 1. The highest BCUT2D eigenvalue weighted by Crippen LogP contribution is 2.19. The maximum atomic E-state index is 6.10. The van der Waals surface area contributed by atoms with E-state index in [4.69, 9.17) is 10.5 Å². The van der Waals surface area contributed by atoms with Crippen LogP contribution in [0.5, 0.6) is 5.88 Å².